The Balaban J connectivity index is 3.01. The maximum Gasteiger partial charge on any atom is 0.387 e. The molecule has 0 aliphatic carbocycles. The molecule has 5 heteroatoms. The predicted octanol–water partition coefficient (Wildman–Crippen LogP) is 2.30. The van der Waals surface area contributed by atoms with E-state index in [9.17, 15) is 13.2 Å². The Morgan fingerprint density at radius 3 is 2.62 bits per heavy atom. The van der Waals surface area contributed by atoms with Gasteiger partial charge in [0.1, 0.15) is 17.6 Å². The second-order valence-electron chi connectivity index (χ2n) is 2.13. The number of hydrogen-bond acceptors (Lipinski definition) is 2. The summed E-state index contributed by atoms with van der Waals surface area (Å²) in [5.41, 5.74) is -0.250. The molecule has 0 radical (unpaired) electrons. The molecule has 68 valence electrons. The number of nitrogens with zero attached hydrogens (tertiary/aromatic N) is 1. The lowest BCUT2D eigenvalue weighted by atomic mass is 10.2. The van der Waals surface area contributed by atoms with Gasteiger partial charge in [-0.2, -0.15) is 14.0 Å². The van der Waals surface area contributed by atoms with Crippen LogP contribution in [0, 0.1) is 17.1 Å². The van der Waals surface area contributed by atoms with Gasteiger partial charge in [-0.25, -0.2) is 4.39 Å². The van der Waals surface area contributed by atoms with E-state index < -0.39 is 12.4 Å². The number of alkyl halides is 2. The van der Waals surface area contributed by atoms with Gasteiger partial charge in [0.25, 0.3) is 0 Å². The summed E-state index contributed by atoms with van der Waals surface area (Å²) in [6.07, 6.45) is 0. The summed E-state index contributed by atoms with van der Waals surface area (Å²) < 4.78 is 39.9. The van der Waals surface area contributed by atoms with Gasteiger partial charge in [0, 0.05) is 0 Å². The van der Waals surface area contributed by atoms with Crippen molar-refractivity contribution in [3.8, 4) is 11.8 Å². The first-order valence-corrected chi connectivity index (χ1v) is 3.28. The monoisotopic (exact) mass is 187 g/mol. The molecule has 1 aromatic carbocycles. The minimum atomic E-state index is -3.02. The highest BCUT2D eigenvalue weighted by atomic mass is 19.3. The van der Waals surface area contributed by atoms with Crippen molar-refractivity contribution < 1.29 is 17.9 Å². The molecule has 0 aliphatic heterocycles. The lowest BCUT2D eigenvalue weighted by molar-refractivity contribution is -0.0500. The topological polar surface area (TPSA) is 33.0 Å². The highest BCUT2D eigenvalue weighted by Crippen LogP contribution is 2.20. The zero-order valence-corrected chi connectivity index (χ0v) is 6.30. The molecule has 1 rings (SSSR count). The van der Waals surface area contributed by atoms with E-state index in [2.05, 4.69) is 4.74 Å². The third-order valence-electron chi connectivity index (χ3n) is 1.28. The van der Waals surface area contributed by atoms with E-state index >= 15 is 0 Å². The highest BCUT2D eigenvalue weighted by molar-refractivity contribution is 5.42. The number of rotatable bonds is 2. The third-order valence-corrected chi connectivity index (χ3v) is 1.28. The molecule has 0 aromatic heterocycles. The minimum Gasteiger partial charge on any atom is -0.433 e. The molecule has 0 unspecified atom stereocenters. The fourth-order valence-corrected chi connectivity index (χ4v) is 0.788. The maximum atomic E-state index is 12.5. The molecule has 2 nitrogen and oxygen atoms in total. The molecular formula is C8H4F3NO. The molecule has 13 heavy (non-hydrogen) atoms. The van der Waals surface area contributed by atoms with E-state index in [0.717, 1.165) is 18.2 Å². The largest absolute Gasteiger partial charge is 0.433 e. The zero-order valence-electron chi connectivity index (χ0n) is 6.30. The van der Waals surface area contributed by atoms with Crippen LogP contribution in [0.5, 0.6) is 5.75 Å². The second kappa shape index (κ2) is 3.81. The van der Waals surface area contributed by atoms with Crippen LogP contribution in [0.25, 0.3) is 0 Å². The van der Waals surface area contributed by atoms with Gasteiger partial charge < -0.3 is 4.74 Å². The number of benzene rings is 1. The van der Waals surface area contributed by atoms with Crippen LogP contribution in [0.2, 0.25) is 0 Å². The smallest absolute Gasteiger partial charge is 0.387 e. The van der Waals surface area contributed by atoms with Gasteiger partial charge >= 0.3 is 6.61 Å². The number of ether oxygens (including phenoxy) is 1. The van der Waals surface area contributed by atoms with Crippen molar-refractivity contribution in [3.05, 3.63) is 29.6 Å². The van der Waals surface area contributed by atoms with Crippen molar-refractivity contribution in [1.82, 2.24) is 0 Å². The molecule has 0 fully saturated rings. The Kier molecular flexibility index (Phi) is 2.75. The summed E-state index contributed by atoms with van der Waals surface area (Å²) in [6.45, 7) is -3.02. The van der Waals surface area contributed by atoms with Crippen molar-refractivity contribution >= 4 is 0 Å². The SMILES string of the molecule is N#Cc1cc(F)ccc1OC(F)F. The molecule has 0 aliphatic rings. The molecule has 0 bridgehead atoms. The van der Waals surface area contributed by atoms with Crippen LogP contribution in [0.1, 0.15) is 5.56 Å². The standard InChI is InChI=1S/C8H4F3NO/c9-6-1-2-7(13-8(10)11)5(3-6)4-12/h1-3,8H. The van der Waals surface area contributed by atoms with Crippen LogP contribution in [-0.2, 0) is 0 Å². The molecule has 0 spiro atoms. The lowest BCUT2D eigenvalue weighted by Crippen LogP contribution is -2.03. The Labute approximate surface area is 72.2 Å². The Morgan fingerprint density at radius 2 is 2.08 bits per heavy atom. The van der Waals surface area contributed by atoms with Gasteiger partial charge in [-0.05, 0) is 18.2 Å². The minimum absolute atomic E-state index is 0.250. The molecule has 0 saturated heterocycles. The van der Waals surface area contributed by atoms with Gasteiger partial charge in [-0.3, -0.25) is 0 Å². The van der Waals surface area contributed by atoms with Crippen molar-refractivity contribution in [3.63, 3.8) is 0 Å². The molecular weight excluding hydrogens is 183 g/mol. The summed E-state index contributed by atoms with van der Waals surface area (Å²) >= 11 is 0. The second-order valence-corrected chi connectivity index (χ2v) is 2.13. The Hall–Kier alpha value is -1.70. The van der Waals surface area contributed by atoms with Crippen molar-refractivity contribution in [2.45, 2.75) is 6.61 Å². The van der Waals surface area contributed by atoms with Gasteiger partial charge in [0.15, 0.2) is 0 Å². The summed E-state index contributed by atoms with van der Waals surface area (Å²) in [6, 6.07) is 4.30. The first kappa shape index (κ1) is 9.39. The van der Waals surface area contributed by atoms with E-state index in [1.54, 1.807) is 6.07 Å². The normalized spacial score (nSPS) is 9.77. The quantitative estimate of drug-likeness (QED) is 0.711. The highest BCUT2D eigenvalue weighted by Gasteiger charge is 2.09. The molecule has 0 saturated carbocycles. The maximum absolute atomic E-state index is 12.5. The molecule has 0 amide bonds. The van der Waals surface area contributed by atoms with Crippen molar-refractivity contribution in [1.29, 1.82) is 5.26 Å². The van der Waals surface area contributed by atoms with Crippen LogP contribution >= 0.6 is 0 Å². The zero-order chi connectivity index (χ0) is 9.84. The average molecular weight is 187 g/mol. The third kappa shape index (κ3) is 2.37. The summed E-state index contributed by atoms with van der Waals surface area (Å²) in [5.74, 6) is -0.989. The number of nitriles is 1. The summed E-state index contributed by atoms with van der Waals surface area (Å²) in [5, 5.41) is 8.41. The van der Waals surface area contributed by atoms with Gasteiger partial charge in [0.05, 0.1) is 5.56 Å². The van der Waals surface area contributed by atoms with Crippen molar-refractivity contribution in [2.75, 3.05) is 0 Å². The van der Waals surface area contributed by atoms with Crippen molar-refractivity contribution in [2.24, 2.45) is 0 Å². The first-order valence-electron chi connectivity index (χ1n) is 3.28. The first-order chi connectivity index (χ1) is 6.13. The number of hydrogen-bond donors (Lipinski definition) is 0. The predicted molar refractivity (Wildman–Crippen MR) is 37.7 cm³/mol. The summed E-state index contributed by atoms with van der Waals surface area (Å²) in [4.78, 5) is 0. The Morgan fingerprint density at radius 1 is 1.38 bits per heavy atom. The van der Waals surface area contributed by atoms with E-state index in [4.69, 9.17) is 5.26 Å². The van der Waals surface area contributed by atoms with E-state index in [1.807, 2.05) is 0 Å². The van der Waals surface area contributed by atoms with Crippen LogP contribution in [0.4, 0.5) is 13.2 Å². The van der Waals surface area contributed by atoms with Crippen LogP contribution in [-0.4, -0.2) is 6.61 Å². The number of halogens is 3. The van der Waals surface area contributed by atoms with Crippen LogP contribution in [0.15, 0.2) is 18.2 Å². The van der Waals surface area contributed by atoms with Gasteiger partial charge in [0.2, 0.25) is 0 Å². The van der Waals surface area contributed by atoms with Crippen LogP contribution < -0.4 is 4.74 Å². The Bertz CT molecular complexity index is 346. The fraction of sp³-hybridized carbons (Fsp3) is 0.125. The van der Waals surface area contributed by atoms with Crippen LogP contribution in [0.3, 0.4) is 0 Å². The van der Waals surface area contributed by atoms with Gasteiger partial charge in [-0.15, -0.1) is 0 Å². The lowest BCUT2D eigenvalue weighted by Gasteiger charge is -2.05. The van der Waals surface area contributed by atoms with E-state index in [0.29, 0.717) is 0 Å². The van der Waals surface area contributed by atoms with Gasteiger partial charge in [-0.1, -0.05) is 0 Å². The fourth-order valence-electron chi connectivity index (χ4n) is 0.788. The molecule has 0 atom stereocenters. The molecule has 0 heterocycles. The summed E-state index contributed by atoms with van der Waals surface area (Å²) in [7, 11) is 0. The molecule has 0 N–H and O–H groups in total. The average Bonchev–Trinajstić information content (AvgIpc) is 2.07. The molecule has 1 aromatic rings. The van der Waals surface area contributed by atoms with E-state index in [1.165, 1.54) is 0 Å². The van der Waals surface area contributed by atoms with E-state index in [-0.39, 0.29) is 11.3 Å².